The van der Waals surface area contributed by atoms with Crippen LogP contribution in [0.3, 0.4) is 0 Å². The first-order valence-corrected chi connectivity index (χ1v) is 9.38. The summed E-state index contributed by atoms with van der Waals surface area (Å²) < 4.78 is 5.43. The maximum atomic E-state index is 12.9. The Morgan fingerprint density at radius 2 is 1.60 bits per heavy atom. The average molecular weight is 345 g/mol. The molecule has 3 fully saturated rings. The minimum atomic E-state index is 0.0600. The zero-order chi connectivity index (χ0) is 17.2. The smallest absolute Gasteiger partial charge is 0.240 e. The first-order valence-electron chi connectivity index (χ1n) is 9.38. The van der Waals surface area contributed by atoms with Crippen LogP contribution in [0.1, 0.15) is 19.3 Å². The summed E-state index contributed by atoms with van der Waals surface area (Å²) in [6.07, 6.45) is 2.91. The predicted octanol–water partition coefficient (Wildman–Crippen LogP) is 1.29. The van der Waals surface area contributed by atoms with Crippen LogP contribution >= 0.6 is 0 Å². The van der Waals surface area contributed by atoms with E-state index < -0.39 is 0 Å². The molecule has 0 spiro atoms. The fourth-order valence-corrected chi connectivity index (χ4v) is 4.34. The van der Waals surface area contributed by atoms with Gasteiger partial charge in [0, 0.05) is 57.7 Å². The standard InChI is InChI=1S/C19H27N3O3/c23-17-3-1-15(2-4-17)20-9-11-21(12-10-20)18-5-8-22(19(18)24)16-6-13-25-14-7-16/h1-4,16,18,23H,5-14H2/t18-/m1/s1. The Balaban J connectivity index is 1.33. The van der Waals surface area contributed by atoms with Crippen LogP contribution in [0, 0.1) is 0 Å². The van der Waals surface area contributed by atoms with Crippen molar-refractivity contribution in [2.75, 3.05) is 50.8 Å². The number of nitrogens with zero attached hydrogens (tertiary/aromatic N) is 3. The number of benzene rings is 1. The van der Waals surface area contributed by atoms with Gasteiger partial charge < -0.3 is 19.6 Å². The summed E-state index contributed by atoms with van der Waals surface area (Å²) in [5.74, 6) is 0.622. The Labute approximate surface area is 149 Å². The van der Waals surface area contributed by atoms with Crippen LogP contribution in [0.5, 0.6) is 5.75 Å². The van der Waals surface area contributed by atoms with E-state index in [9.17, 15) is 9.90 Å². The molecule has 0 radical (unpaired) electrons. The fourth-order valence-electron chi connectivity index (χ4n) is 4.34. The van der Waals surface area contributed by atoms with E-state index in [-0.39, 0.29) is 6.04 Å². The van der Waals surface area contributed by atoms with Crippen molar-refractivity contribution in [1.82, 2.24) is 9.80 Å². The number of hydrogen-bond donors (Lipinski definition) is 1. The van der Waals surface area contributed by atoms with Crippen LogP contribution in [0.2, 0.25) is 0 Å². The number of carbonyl (C=O) groups excluding carboxylic acids is 1. The van der Waals surface area contributed by atoms with Crippen molar-refractivity contribution < 1.29 is 14.6 Å². The number of anilines is 1. The molecule has 1 aromatic rings. The number of rotatable bonds is 3. The number of aromatic hydroxyl groups is 1. The predicted molar refractivity (Wildman–Crippen MR) is 95.9 cm³/mol. The zero-order valence-corrected chi connectivity index (χ0v) is 14.6. The van der Waals surface area contributed by atoms with Crippen LogP contribution in [0.15, 0.2) is 24.3 Å². The van der Waals surface area contributed by atoms with Gasteiger partial charge in [-0.05, 0) is 43.5 Å². The molecule has 3 heterocycles. The molecule has 1 aromatic carbocycles. The number of piperazine rings is 1. The zero-order valence-electron chi connectivity index (χ0n) is 14.6. The molecule has 0 aliphatic carbocycles. The number of likely N-dealkylation sites (tertiary alicyclic amines) is 1. The third kappa shape index (κ3) is 3.46. The second-order valence-electron chi connectivity index (χ2n) is 7.22. The van der Waals surface area contributed by atoms with Crippen LogP contribution in [0.4, 0.5) is 5.69 Å². The molecule has 0 bridgehead atoms. The van der Waals surface area contributed by atoms with Gasteiger partial charge in [-0.3, -0.25) is 9.69 Å². The van der Waals surface area contributed by atoms with Crippen molar-refractivity contribution in [2.45, 2.75) is 31.3 Å². The molecule has 136 valence electrons. The van der Waals surface area contributed by atoms with Gasteiger partial charge in [0.05, 0.1) is 6.04 Å². The average Bonchev–Trinajstić information content (AvgIpc) is 3.05. The lowest BCUT2D eigenvalue weighted by atomic mass is 10.1. The summed E-state index contributed by atoms with van der Waals surface area (Å²) in [5, 5.41) is 9.43. The Bertz CT molecular complexity index is 592. The summed E-state index contributed by atoms with van der Waals surface area (Å²) in [6.45, 7) is 6.14. The second-order valence-corrected chi connectivity index (χ2v) is 7.22. The first kappa shape index (κ1) is 16.7. The molecule has 1 amide bonds. The summed E-state index contributed by atoms with van der Waals surface area (Å²) in [4.78, 5) is 19.7. The second kappa shape index (κ2) is 7.22. The van der Waals surface area contributed by atoms with E-state index in [1.165, 1.54) is 0 Å². The molecule has 1 N–H and O–H groups in total. The van der Waals surface area contributed by atoms with E-state index >= 15 is 0 Å². The SMILES string of the molecule is O=C1[C@H](N2CCN(c3ccc(O)cc3)CC2)CCN1C1CCOCC1. The van der Waals surface area contributed by atoms with Gasteiger partial charge in [-0.25, -0.2) is 0 Å². The van der Waals surface area contributed by atoms with Gasteiger partial charge in [0.25, 0.3) is 0 Å². The number of phenols is 1. The Morgan fingerprint density at radius 1 is 0.920 bits per heavy atom. The molecule has 3 aliphatic rings. The lowest BCUT2D eigenvalue weighted by Gasteiger charge is -2.39. The van der Waals surface area contributed by atoms with E-state index in [1.54, 1.807) is 12.1 Å². The van der Waals surface area contributed by atoms with Crippen LogP contribution in [0.25, 0.3) is 0 Å². The lowest BCUT2D eigenvalue weighted by molar-refractivity contribution is -0.135. The minimum Gasteiger partial charge on any atom is -0.508 e. The maximum Gasteiger partial charge on any atom is 0.240 e. The molecule has 6 heteroatoms. The summed E-state index contributed by atoms with van der Waals surface area (Å²) in [6, 6.07) is 7.81. The van der Waals surface area contributed by atoms with Crippen LogP contribution in [-0.2, 0) is 9.53 Å². The molecule has 6 nitrogen and oxygen atoms in total. The molecule has 0 unspecified atom stereocenters. The highest BCUT2D eigenvalue weighted by Crippen LogP contribution is 2.26. The summed E-state index contributed by atoms with van der Waals surface area (Å²) >= 11 is 0. The van der Waals surface area contributed by atoms with Gasteiger partial charge in [0.15, 0.2) is 0 Å². The van der Waals surface area contributed by atoms with Gasteiger partial charge >= 0.3 is 0 Å². The van der Waals surface area contributed by atoms with Crippen molar-refractivity contribution in [1.29, 1.82) is 0 Å². The highest BCUT2D eigenvalue weighted by Gasteiger charge is 2.40. The molecular formula is C19H27N3O3. The van der Waals surface area contributed by atoms with Gasteiger partial charge in [-0.2, -0.15) is 0 Å². The highest BCUT2D eigenvalue weighted by molar-refractivity contribution is 5.84. The van der Waals surface area contributed by atoms with Gasteiger partial charge in [0.1, 0.15) is 5.75 Å². The van der Waals surface area contributed by atoms with Crippen molar-refractivity contribution in [2.24, 2.45) is 0 Å². The topological polar surface area (TPSA) is 56.2 Å². The lowest BCUT2D eigenvalue weighted by Crippen LogP contribution is -2.53. The third-order valence-electron chi connectivity index (χ3n) is 5.81. The molecule has 1 atom stereocenters. The van der Waals surface area contributed by atoms with E-state index in [0.29, 0.717) is 17.7 Å². The van der Waals surface area contributed by atoms with Crippen molar-refractivity contribution >= 4 is 11.6 Å². The number of hydrogen-bond acceptors (Lipinski definition) is 5. The Morgan fingerprint density at radius 3 is 2.28 bits per heavy atom. The normalized spacial score (nSPS) is 26.4. The Kier molecular flexibility index (Phi) is 4.81. The first-order chi connectivity index (χ1) is 12.2. The van der Waals surface area contributed by atoms with Crippen LogP contribution in [-0.4, -0.2) is 78.8 Å². The quantitative estimate of drug-likeness (QED) is 0.895. The molecular weight excluding hydrogens is 318 g/mol. The van der Waals surface area contributed by atoms with Gasteiger partial charge in [-0.1, -0.05) is 0 Å². The van der Waals surface area contributed by atoms with Gasteiger partial charge in [0.2, 0.25) is 5.91 Å². The number of phenolic OH excluding ortho intramolecular Hbond substituents is 1. The van der Waals surface area contributed by atoms with E-state index in [0.717, 1.165) is 70.9 Å². The van der Waals surface area contributed by atoms with Gasteiger partial charge in [-0.15, -0.1) is 0 Å². The molecule has 3 aliphatic heterocycles. The molecule has 0 saturated carbocycles. The maximum absolute atomic E-state index is 12.9. The minimum absolute atomic E-state index is 0.0600. The number of ether oxygens (including phenoxy) is 1. The molecule has 0 aromatic heterocycles. The van der Waals surface area contributed by atoms with Crippen molar-refractivity contribution in [3.8, 4) is 5.75 Å². The highest BCUT2D eigenvalue weighted by atomic mass is 16.5. The molecule has 25 heavy (non-hydrogen) atoms. The molecule has 3 saturated heterocycles. The monoisotopic (exact) mass is 345 g/mol. The van der Waals surface area contributed by atoms with Crippen molar-refractivity contribution in [3.63, 3.8) is 0 Å². The third-order valence-corrected chi connectivity index (χ3v) is 5.81. The summed E-state index contributed by atoms with van der Waals surface area (Å²) in [7, 11) is 0. The van der Waals surface area contributed by atoms with E-state index in [2.05, 4.69) is 14.7 Å². The summed E-state index contributed by atoms with van der Waals surface area (Å²) in [5.41, 5.74) is 1.14. The van der Waals surface area contributed by atoms with Crippen molar-refractivity contribution in [3.05, 3.63) is 24.3 Å². The Hall–Kier alpha value is -1.79. The largest absolute Gasteiger partial charge is 0.508 e. The fraction of sp³-hybridized carbons (Fsp3) is 0.632. The van der Waals surface area contributed by atoms with E-state index in [1.807, 2.05) is 12.1 Å². The van der Waals surface area contributed by atoms with E-state index in [4.69, 9.17) is 4.74 Å². The van der Waals surface area contributed by atoms with Crippen LogP contribution < -0.4 is 4.90 Å². The number of carbonyl (C=O) groups is 1. The molecule has 4 rings (SSSR count). The number of amides is 1.